The molecule has 1 aromatic rings. The molecule has 2 aliphatic rings. The van der Waals surface area contributed by atoms with Gasteiger partial charge in [-0.2, -0.15) is 0 Å². The molecule has 3 heteroatoms. The number of benzene rings is 1. The number of fused-ring (bicyclic) bond motifs is 1. The van der Waals surface area contributed by atoms with Crippen LogP contribution in [0.1, 0.15) is 5.56 Å². The van der Waals surface area contributed by atoms with Crippen LogP contribution in [-0.2, 0) is 6.42 Å². The van der Waals surface area contributed by atoms with Crippen molar-refractivity contribution in [2.45, 2.75) is 6.42 Å². The highest BCUT2D eigenvalue weighted by Gasteiger charge is 2.18. The van der Waals surface area contributed by atoms with E-state index in [1.54, 1.807) is 0 Å². The molecule has 0 aromatic heterocycles. The third-order valence-electron chi connectivity index (χ3n) is 2.92. The molecular formula is C11H14N2O. The molecule has 0 atom stereocenters. The molecule has 1 fully saturated rings. The Morgan fingerprint density at radius 3 is 3.07 bits per heavy atom. The summed E-state index contributed by atoms with van der Waals surface area (Å²) in [6.07, 6.45) is 1.18. The van der Waals surface area contributed by atoms with Crippen LogP contribution in [0.4, 0.5) is 5.69 Å². The van der Waals surface area contributed by atoms with Crippen molar-refractivity contribution in [1.82, 2.24) is 5.32 Å². The molecule has 2 aliphatic heterocycles. The van der Waals surface area contributed by atoms with E-state index >= 15 is 0 Å². The first-order chi connectivity index (χ1) is 6.92. The first-order valence-corrected chi connectivity index (χ1v) is 5.12. The highest BCUT2D eigenvalue weighted by atomic mass is 16.5. The van der Waals surface area contributed by atoms with Crippen molar-refractivity contribution in [3.8, 4) is 5.75 Å². The lowest BCUT2D eigenvalue weighted by Crippen LogP contribution is -2.43. The van der Waals surface area contributed by atoms with Crippen molar-refractivity contribution in [3.05, 3.63) is 23.8 Å². The van der Waals surface area contributed by atoms with Crippen LogP contribution < -0.4 is 15.4 Å². The summed E-state index contributed by atoms with van der Waals surface area (Å²) in [7, 11) is 0. The minimum Gasteiger partial charge on any atom is -0.471 e. The van der Waals surface area contributed by atoms with E-state index in [0.29, 0.717) is 6.73 Å². The Balaban J connectivity index is 1.78. The molecule has 1 saturated heterocycles. The Hall–Kier alpha value is -1.22. The van der Waals surface area contributed by atoms with Gasteiger partial charge < -0.3 is 15.4 Å². The first-order valence-electron chi connectivity index (χ1n) is 5.12. The highest BCUT2D eigenvalue weighted by molar-refractivity contribution is 5.60. The summed E-state index contributed by atoms with van der Waals surface area (Å²) in [5.74, 6) is 1.82. The van der Waals surface area contributed by atoms with Gasteiger partial charge in [0.1, 0.15) is 5.75 Å². The average molecular weight is 190 g/mol. The zero-order chi connectivity index (χ0) is 9.38. The molecule has 0 amide bonds. The summed E-state index contributed by atoms with van der Waals surface area (Å²) in [4.78, 5) is 0. The minimum absolute atomic E-state index is 0.615. The molecule has 0 spiro atoms. The fourth-order valence-corrected chi connectivity index (χ4v) is 1.99. The largest absolute Gasteiger partial charge is 0.471 e. The van der Waals surface area contributed by atoms with Gasteiger partial charge in [-0.25, -0.2) is 0 Å². The summed E-state index contributed by atoms with van der Waals surface area (Å²) >= 11 is 0. The zero-order valence-corrected chi connectivity index (χ0v) is 8.05. The van der Waals surface area contributed by atoms with Gasteiger partial charge in [-0.1, -0.05) is 6.07 Å². The summed E-state index contributed by atoms with van der Waals surface area (Å²) < 4.78 is 5.38. The van der Waals surface area contributed by atoms with E-state index in [0.717, 1.165) is 17.4 Å². The second-order valence-electron chi connectivity index (χ2n) is 4.02. The molecule has 0 unspecified atom stereocenters. The SMILES string of the molecule is c1cc2c(cc1CC1CNC1)NCO2. The van der Waals surface area contributed by atoms with Crippen molar-refractivity contribution in [3.63, 3.8) is 0 Å². The van der Waals surface area contributed by atoms with Gasteiger partial charge in [0.25, 0.3) is 0 Å². The van der Waals surface area contributed by atoms with Crippen LogP contribution >= 0.6 is 0 Å². The van der Waals surface area contributed by atoms with Crippen LogP contribution in [0.15, 0.2) is 18.2 Å². The molecule has 0 aliphatic carbocycles. The molecule has 14 heavy (non-hydrogen) atoms. The van der Waals surface area contributed by atoms with Gasteiger partial charge in [0.2, 0.25) is 0 Å². The van der Waals surface area contributed by atoms with Crippen LogP contribution in [-0.4, -0.2) is 19.8 Å². The number of anilines is 1. The molecule has 0 saturated carbocycles. The van der Waals surface area contributed by atoms with E-state index in [1.807, 2.05) is 0 Å². The molecule has 3 rings (SSSR count). The summed E-state index contributed by atoms with van der Waals surface area (Å²) in [6, 6.07) is 6.45. The molecule has 2 N–H and O–H groups in total. The topological polar surface area (TPSA) is 33.3 Å². The van der Waals surface area contributed by atoms with Crippen LogP contribution in [0.3, 0.4) is 0 Å². The third kappa shape index (κ3) is 1.34. The van der Waals surface area contributed by atoms with Crippen molar-refractivity contribution in [1.29, 1.82) is 0 Å². The van der Waals surface area contributed by atoms with Gasteiger partial charge in [-0.05, 0) is 43.1 Å². The monoisotopic (exact) mass is 190 g/mol. The van der Waals surface area contributed by atoms with Crippen molar-refractivity contribution >= 4 is 5.69 Å². The molecule has 1 aromatic carbocycles. The van der Waals surface area contributed by atoms with Gasteiger partial charge in [0, 0.05) is 0 Å². The summed E-state index contributed by atoms with van der Waals surface area (Å²) in [5.41, 5.74) is 2.56. The van der Waals surface area contributed by atoms with Crippen LogP contribution in [0, 0.1) is 5.92 Å². The van der Waals surface area contributed by atoms with E-state index in [9.17, 15) is 0 Å². The lowest BCUT2D eigenvalue weighted by Gasteiger charge is -2.27. The van der Waals surface area contributed by atoms with E-state index in [4.69, 9.17) is 4.74 Å². The van der Waals surface area contributed by atoms with Gasteiger partial charge in [-0.3, -0.25) is 0 Å². The van der Waals surface area contributed by atoms with E-state index in [1.165, 1.54) is 25.1 Å². The molecular weight excluding hydrogens is 176 g/mol. The quantitative estimate of drug-likeness (QED) is 0.735. The van der Waals surface area contributed by atoms with Crippen LogP contribution in [0.25, 0.3) is 0 Å². The zero-order valence-electron chi connectivity index (χ0n) is 8.05. The van der Waals surface area contributed by atoms with Gasteiger partial charge >= 0.3 is 0 Å². The maximum absolute atomic E-state index is 5.38. The van der Waals surface area contributed by atoms with E-state index in [2.05, 4.69) is 28.8 Å². The van der Waals surface area contributed by atoms with Crippen molar-refractivity contribution in [2.75, 3.05) is 25.1 Å². The second-order valence-corrected chi connectivity index (χ2v) is 4.02. The number of nitrogens with one attached hydrogen (secondary N) is 2. The third-order valence-corrected chi connectivity index (χ3v) is 2.92. The van der Waals surface area contributed by atoms with Gasteiger partial charge in [0.05, 0.1) is 5.69 Å². The summed E-state index contributed by atoms with van der Waals surface area (Å²) in [6.45, 7) is 2.95. The first kappa shape index (κ1) is 8.12. The van der Waals surface area contributed by atoms with E-state index in [-0.39, 0.29) is 0 Å². The number of ether oxygens (including phenoxy) is 1. The van der Waals surface area contributed by atoms with Crippen LogP contribution in [0.5, 0.6) is 5.75 Å². The maximum Gasteiger partial charge on any atom is 0.159 e. The molecule has 0 bridgehead atoms. The fourth-order valence-electron chi connectivity index (χ4n) is 1.99. The lowest BCUT2D eigenvalue weighted by atomic mass is 9.94. The standard InChI is InChI=1S/C11H14N2O/c1-2-11-10(13-7-14-11)4-8(1)3-9-5-12-6-9/h1-2,4,9,12-13H,3,5-7H2. The Labute approximate surface area is 83.5 Å². The molecule has 3 nitrogen and oxygen atoms in total. The molecule has 2 heterocycles. The van der Waals surface area contributed by atoms with Gasteiger partial charge in [-0.15, -0.1) is 0 Å². The maximum atomic E-state index is 5.38. The molecule has 74 valence electrons. The lowest BCUT2D eigenvalue weighted by molar-refractivity contribution is 0.346. The Morgan fingerprint density at radius 1 is 1.36 bits per heavy atom. The van der Waals surface area contributed by atoms with E-state index < -0.39 is 0 Å². The Kier molecular flexibility index (Phi) is 1.84. The highest BCUT2D eigenvalue weighted by Crippen LogP contribution is 2.30. The summed E-state index contributed by atoms with van der Waals surface area (Å²) in [5, 5.41) is 6.51. The number of hydrogen-bond acceptors (Lipinski definition) is 3. The molecule has 0 radical (unpaired) electrons. The predicted octanol–water partition coefficient (Wildman–Crippen LogP) is 1.21. The Bertz CT molecular complexity index is 347. The Morgan fingerprint density at radius 2 is 2.29 bits per heavy atom. The van der Waals surface area contributed by atoms with Gasteiger partial charge in [0.15, 0.2) is 6.73 Å². The van der Waals surface area contributed by atoms with Crippen LogP contribution in [0.2, 0.25) is 0 Å². The fraction of sp³-hybridized carbons (Fsp3) is 0.455. The van der Waals surface area contributed by atoms with Crippen molar-refractivity contribution < 1.29 is 4.74 Å². The smallest absolute Gasteiger partial charge is 0.159 e. The number of rotatable bonds is 2. The minimum atomic E-state index is 0.615. The normalized spacial score (nSPS) is 19.4. The number of hydrogen-bond donors (Lipinski definition) is 2. The van der Waals surface area contributed by atoms with Crippen molar-refractivity contribution in [2.24, 2.45) is 5.92 Å². The second kappa shape index (κ2) is 3.17. The average Bonchev–Trinajstić information content (AvgIpc) is 2.58. The predicted molar refractivity (Wildman–Crippen MR) is 55.6 cm³/mol.